The number of fused-ring (bicyclic) bond motifs is 1. The van der Waals surface area contributed by atoms with E-state index in [1.54, 1.807) is 17.4 Å². The van der Waals surface area contributed by atoms with Crippen molar-refractivity contribution in [2.45, 2.75) is 25.8 Å². The maximum Gasteiger partial charge on any atom is 0.229 e. The molecule has 4 rings (SSSR count). The summed E-state index contributed by atoms with van der Waals surface area (Å²) in [6.07, 6.45) is 1.33. The summed E-state index contributed by atoms with van der Waals surface area (Å²) in [6, 6.07) is 24.7. The molecule has 6 heteroatoms. The van der Waals surface area contributed by atoms with E-state index in [0.717, 1.165) is 22.3 Å². The Hall–Kier alpha value is -2.67. The highest BCUT2D eigenvalue weighted by molar-refractivity contribution is 9.10. The number of nitrogens with one attached hydrogen (secondary N) is 2. The lowest BCUT2D eigenvalue weighted by Crippen LogP contribution is -2.21. The Morgan fingerprint density at radius 3 is 2.62 bits per heavy atom. The Morgan fingerprint density at radius 1 is 1.06 bits per heavy atom. The molecule has 1 aromatic heterocycles. The summed E-state index contributed by atoms with van der Waals surface area (Å²) in [5.74, 6) is -0.0577. The third kappa shape index (κ3) is 5.76. The quantitative estimate of drug-likeness (QED) is 0.244. The van der Waals surface area contributed by atoms with Crippen LogP contribution in [0.4, 0.5) is 11.4 Å². The maximum absolute atomic E-state index is 12.5. The molecule has 1 atom stereocenters. The first-order valence-electron chi connectivity index (χ1n) is 10.6. The van der Waals surface area contributed by atoms with E-state index in [9.17, 15) is 4.79 Å². The zero-order valence-electron chi connectivity index (χ0n) is 17.9. The Morgan fingerprint density at radius 2 is 1.84 bits per heavy atom. The van der Waals surface area contributed by atoms with Crippen LogP contribution in [0.25, 0.3) is 10.1 Å². The van der Waals surface area contributed by atoms with Crippen molar-refractivity contribution in [2.75, 3.05) is 17.6 Å². The summed E-state index contributed by atoms with van der Waals surface area (Å²) < 4.78 is 2.30. The number of carbonyl (C=O) groups excluding carboxylic acids is 1. The van der Waals surface area contributed by atoms with E-state index >= 15 is 0 Å². The minimum absolute atomic E-state index is 0.0577. The second-order valence-electron chi connectivity index (χ2n) is 7.87. The van der Waals surface area contributed by atoms with Crippen LogP contribution < -0.4 is 16.4 Å². The molecule has 1 amide bonds. The number of halogens is 1. The van der Waals surface area contributed by atoms with E-state index in [1.807, 2.05) is 18.2 Å². The highest BCUT2D eigenvalue weighted by Gasteiger charge is 2.11. The van der Waals surface area contributed by atoms with Crippen molar-refractivity contribution < 1.29 is 4.79 Å². The molecule has 3 aromatic carbocycles. The summed E-state index contributed by atoms with van der Waals surface area (Å²) in [6.45, 7) is 3.11. The number of para-hydroxylation sites is 2. The number of rotatable bonds is 8. The molecule has 0 fully saturated rings. The molecular formula is C26H26BrN3OS. The molecule has 0 aliphatic heterocycles. The van der Waals surface area contributed by atoms with Gasteiger partial charge in [0.15, 0.2) is 0 Å². The molecule has 0 spiro atoms. The van der Waals surface area contributed by atoms with Crippen molar-refractivity contribution >= 4 is 54.6 Å². The first-order chi connectivity index (χ1) is 15.5. The number of nitrogens with two attached hydrogens (primary N) is 1. The number of hydrogen-bond acceptors (Lipinski definition) is 4. The molecule has 4 N–H and O–H groups in total. The molecule has 0 bridgehead atoms. The average Bonchev–Trinajstić information content (AvgIpc) is 3.18. The third-order valence-corrected chi connectivity index (χ3v) is 7.07. The molecule has 1 unspecified atom stereocenters. The van der Waals surface area contributed by atoms with Crippen LogP contribution in [0.1, 0.15) is 29.0 Å². The first-order valence-corrected chi connectivity index (χ1v) is 12.2. The predicted octanol–water partition coefficient (Wildman–Crippen LogP) is 6.32. The molecule has 0 saturated carbocycles. The monoisotopic (exact) mass is 507 g/mol. The van der Waals surface area contributed by atoms with E-state index in [4.69, 9.17) is 5.73 Å². The van der Waals surface area contributed by atoms with Crippen molar-refractivity contribution in [1.29, 1.82) is 0 Å². The third-order valence-electron chi connectivity index (χ3n) is 5.44. The molecule has 0 radical (unpaired) electrons. The van der Waals surface area contributed by atoms with Crippen LogP contribution in [0.15, 0.2) is 77.3 Å². The number of anilines is 2. The van der Waals surface area contributed by atoms with Crippen LogP contribution >= 0.6 is 27.3 Å². The van der Waals surface area contributed by atoms with Gasteiger partial charge in [0.1, 0.15) is 0 Å². The highest BCUT2D eigenvalue weighted by Crippen LogP contribution is 2.29. The van der Waals surface area contributed by atoms with Crippen LogP contribution in [0, 0.1) is 0 Å². The van der Waals surface area contributed by atoms with Crippen LogP contribution in [0.3, 0.4) is 0 Å². The van der Waals surface area contributed by atoms with Gasteiger partial charge in [-0.2, -0.15) is 0 Å². The van der Waals surface area contributed by atoms with Crippen LogP contribution in [0.5, 0.6) is 0 Å². The number of carbonyl (C=O) groups is 1. The van der Waals surface area contributed by atoms with E-state index < -0.39 is 0 Å². The van der Waals surface area contributed by atoms with Gasteiger partial charge in [-0.15, -0.1) is 11.3 Å². The smallest absolute Gasteiger partial charge is 0.229 e. The Kier molecular flexibility index (Phi) is 7.25. The van der Waals surface area contributed by atoms with E-state index in [-0.39, 0.29) is 11.9 Å². The topological polar surface area (TPSA) is 67.2 Å². The lowest BCUT2D eigenvalue weighted by Gasteiger charge is -2.14. The van der Waals surface area contributed by atoms with Gasteiger partial charge in [0, 0.05) is 20.1 Å². The molecule has 32 heavy (non-hydrogen) atoms. The van der Waals surface area contributed by atoms with E-state index in [1.165, 1.54) is 21.2 Å². The van der Waals surface area contributed by atoms with Gasteiger partial charge in [0.25, 0.3) is 0 Å². The molecule has 4 aromatic rings. The van der Waals surface area contributed by atoms with Crippen molar-refractivity contribution in [3.63, 3.8) is 0 Å². The molecular weight excluding hydrogens is 482 g/mol. The van der Waals surface area contributed by atoms with Crippen LogP contribution in [-0.2, 0) is 17.6 Å². The normalized spacial score (nSPS) is 12.1. The Bertz CT molecular complexity index is 1220. The predicted molar refractivity (Wildman–Crippen MR) is 139 cm³/mol. The number of nitrogen functional groups attached to an aromatic ring is 1. The SMILES string of the molecule is CC(NCCc1ccc(Br)cc1)c1ccc2cc(CC(=O)Nc3ccccc3N)sc2c1. The number of amides is 1. The van der Waals surface area contributed by atoms with E-state index in [0.29, 0.717) is 17.8 Å². The summed E-state index contributed by atoms with van der Waals surface area (Å²) in [5, 5.41) is 7.69. The van der Waals surface area contributed by atoms with Gasteiger partial charge in [0.05, 0.1) is 17.8 Å². The number of hydrogen-bond donors (Lipinski definition) is 3. The largest absolute Gasteiger partial charge is 0.397 e. The average molecular weight is 508 g/mol. The second-order valence-corrected chi connectivity index (χ2v) is 9.96. The van der Waals surface area contributed by atoms with Gasteiger partial charge in [0.2, 0.25) is 5.91 Å². The van der Waals surface area contributed by atoms with Crippen molar-refractivity contribution in [3.8, 4) is 0 Å². The first kappa shape index (κ1) is 22.5. The second kappa shape index (κ2) is 10.3. The van der Waals surface area contributed by atoms with Gasteiger partial charge in [-0.05, 0) is 72.8 Å². The van der Waals surface area contributed by atoms with Crippen molar-refractivity contribution in [1.82, 2.24) is 5.32 Å². The molecule has 0 aliphatic carbocycles. The van der Waals surface area contributed by atoms with Gasteiger partial charge in [-0.1, -0.05) is 52.3 Å². The highest BCUT2D eigenvalue weighted by atomic mass is 79.9. The summed E-state index contributed by atoms with van der Waals surface area (Å²) in [7, 11) is 0. The Balaban J connectivity index is 1.36. The zero-order valence-corrected chi connectivity index (χ0v) is 20.3. The summed E-state index contributed by atoms with van der Waals surface area (Å²) in [5.41, 5.74) is 9.73. The summed E-state index contributed by atoms with van der Waals surface area (Å²) >= 11 is 5.15. The van der Waals surface area contributed by atoms with Crippen molar-refractivity contribution in [3.05, 3.63) is 93.3 Å². The fourth-order valence-corrected chi connectivity index (χ4v) is 5.00. The lowest BCUT2D eigenvalue weighted by molar-refractivity contribution is -0.115. The molecule has 1 heterocycles. The molecule has 164 valence electrons. The lowest BCUT2D eigenvalue weighted by atomic mass is 10.1. The van der Waals surface area contributed by atoms with Gasteiger partial charge in [-0.25, -0.2) is 0 Å². The fourth-order valence-electron chi connectivity index (χ4n) is 3.62. The van der Waals surface area contributed by atoms with Gasteiger partial charge < -0.3 is 16.4 Å². The summed E-state index contributed by atoms with van der Waals surface area (Å²) in [4.78, 5) is 13.5. The standard InChI is InChI=1S/C26H26BrN3OS/c1-17(29-13-12-18-6-10-21(27)11-7-18)19-8-9-20-14-22(32-25(20)15-19)16-26(31)30-24-5-3-2-4-23(24)28/h2-11,14-15,17,29H,12-13,16,28H2,1H3,(H,30,31). The van der Waals surface area contributed by atoms with Crippen molar-refractivity contribution in [2.24, 2.45) is 0 Å². The van der Waals surface area contributed by atoms with Crippen LogP contribution in [0.2, 0.25) is 0 Å². The maximum atomic E-state index is 12.5. The fraction of sp³-hybridized carbons (Fsp3) is 0.192. The Labute approximate surface area is 201 Å². The zero-order chi connectivity index (χ0) is 22.5. The molecule has 0 saturated heterocycles. The van der Waals surface area contributed by atoms with Crippen LogP contribution in [-0.4, -0.2) is 12.5 Å². The molecule has 0 aliphatic rings. The minimum atomic E-state index is -0.0577. The van der Waals surface area contributed by atoms with Gasteiger partial charge in [-0.3, -0.25) is 4.79 Å². The number of benzene rings is 3. The van der Waals surface area contributed by atoms with Gasteiger partial charge >= 0.3 is 0 Å². The number of thiophene rings is 1. The van der Waals surface area contributed by atoms with E-state index in [2.05, 4.69) is 82.0 Å². The molecule has 4 nitrogen and oxygen atoms in total. The minimum Gasteiger partial charge on any atom is -0.397 e.